The first-order valence-electron chi connectivity index (χ1n) is 7.26. The number of hydrogen-bond donors (Lipinski definition) is 3. The summed E-state index contributed by atoms with van der Waals surface area (Å²) >= 11 is 0. The zero-order chi connectivity index (χ0) is 15.2. The number of hydrogen-bond acceptors (Lipinski definition) is 4. The van der Waals surface area contributed by atoms with E-state index in [0.717, 1.165) is 12.8 Å². The first-order chi connectivity index (χ1) is 9.28. The Morgan fingerprint density at radius 2 is 1.85 bits per heavy atom. The van der Waals surface area contributed by atoms with Crippen LogP contribution in [0.25, 0.3) is 0 Å². The normalized spacial score (nSPS) is 16.4. The van der Waals surface area contributed by atoms with Crippen LogP contribution in [0.15, 0.2) is 0 Å². The molecule has 0 bridgehead atoms. The standard InChI is InChI=1S/C14H27N3O3/c1-10(9-17-13(19)20-14(2,3)4)15-7-8-16-12(18)11-5-6-11/h10-11,15H,5-9H2,1-4H3,(H,16,18)(H,17,19). The third kappa shape index (κ3) is 7.99. The van der Waals surface area contributed by atoms with Crippen LogP contribution in [0.5, 0.6) is 0 Å². The van der Waals surface area contributed by atoms with Gasteiger partial charge in [-0.1, -0.05) is 0 Å². The average molecular weight is 285 g/mol. The number of nitrogens with one attached hydrogen (secondary N) is 3. The molecule has 0 saturated heterocycles. The van der Waals surface area contributed by atoms with Gasteiger partial charge in [-0.15, -0.1) is 0 Å². The van der Waals surface area contributed by atoms with Crippen LogP contribution in [0.3, 0.4) is 0 Å². The van der Waals surface area contributed by atoms with E-state index in [-0.39, 0.29) is 17.9 Å². The van der Waals surface area contributed by atoms with Crippen molar-refractivity contribution in [3.05, 3.63) is 0 Å². The van der Waals surface area contributed by atoms with E-state index in [2.05, 4.69) is 16.0 Å². The molecule has 0 aliphatic heterocycles. The lowest BCUT2D eigenvalue weighted by molar-refractivity contribution is -0.122. The summed E-state index contributed by atoms with van der Waals surface area (Å²) in [5.74, 6) is 0.410. The minimum Gasteiger partial charge on any atom is -0.444 e. The molecule has 0 spiro atoms. The van der Waals surface area contributed by atoms with Gasteiger partial charge >= 0.3 is 6.09 Å². The quantitative estimate of drug-likeness (QED) is 0.610. The molecule has 116 valence electrons. The third-order valence-corrected chi connectivity index (χ3v) is 2.82. The monoisotopic (exact) mass is 285 g/mol. The number of carbonyl (C=O) groups is 2. The highest BCUT2D eigenvalue weighted by atomic mass is 16.6. The van der Waals surface area contributed by atoms with Crippen molar-refractivity contribution >= 4 is 12.0 Å². The first kappa shape index (κ1) is 16.8. The summed E-state index contributed by atoms with van der Waals surface area (Å²) in [6, 6.07) is 0.125. The predicted molar refractivity (Wildman–Crippen MR) is 77.4 cm³/mol. The smallest absolute Gasteiger partial charge is 0.407 e. The lowest BCUT2D eigenvalue weighted by Crippen LogP contribution is -2.43. The number of carbonyl (C=O) groups excluding carboxylic acids is 2. The molecule has 0 heterocycles. The maximum Gasteiger partial charge on any atom is 0.407 e. The van der Waals surface area contributed by atoms with E-state index in [9.17, 15) is 9.59 Å². The van der Waals surface area contributed by atoms with Gasteiger partial charge in [0.1, 0.15) is 5.60 Å². The highest BCUT2D eigenvalue weighted by Gasteiger charge is 2.28. The lowest BCUT2D eigenvalue weighted by atomic mass is 10.2. The Bertz CT molecular complexity index is 335. The average Bonchev–Trinajstić information content (AvgIpc) is 3.13. The fourth-order valence-electron chi connectivity index (χ4n) is 1.62. The predicted octanol–water partition coefficient (Wildman–Crippen LogP) is 1.02. The second-order valence-corrected chi connectivity index (χ2v) is 6.30. The number of ether oxygens (including phenoxy) is 1. The van der Waals surface area contributed by atoms with E-state index in [1.807, 2.05) is 27.7 Å². The molecular weight excluding hydrogens is 258 g/mol. The van der Waals surface area contributed by atoms with Gasteiger partial charge in [-0.25, -0.2) is 4.79 Å². The fraction of sp³-hybridized carbons (Fsp3) is 0.857. The van der Waals surface area contributed by atoms with Crippen molar-refractivity contribution in [2.45, 2.75) is 52.2 Å². The Hall–Kier alpha value is -1.30. The molecule has 0 aromatic rings. The Morgan fingerprint density at radius 3 is 2.40 bits per heavy atom. The summed E-state index contributed by atoms with van der Waals surface area (Å²) < 4.78 is 5.14. The molecule has 6 heteroatoms. The van der Waals surface area contributed by atoms with Crippen LogP contribution >= 0.6 is 0 Å². The zero-order valence-corrected chi connectivity index (χ0v) is 12.9. The molecule has 1 aliphatic carbocycles. The topological polar surface area (TPSA) is 79.5 Å². The van der Waals surface area contributed by atoms with Crippen LogP contribution in [-0.4, -0.2) is 43.3 Å². The minimum absolute atomic E-state index is 0.125. The summed E-state index contributed by atoms with van der Waals surface area (Å²) in [5.41, 5.74) is -0.478. The molecule has 0 radical (unpaired) electrons. The summed E-state index contributed by atoms with van der Waals surface area (Å²) in [6.45, 7) is 9.26. The third-order valence-electron chi connectivity index (χ3n) is 2.82. The molecule has 1 saturated carbocycles. The van der Waals surface area contributed by atoms with E-state index in [1.54, 1.807) is 0 Å². The fourth-order valence-corrected chi connectivity index (χ4v) is 1.62. The SMILES string of the molecule is CC(CNC(=O)OC(C)(C)C)NCCNC(=O)C1CC1. The van der Waals surface area contributed by atoms with Crippen LogP contribution in [-0.2, 0) is 9.53 Å². The molecule has 1 atom stereocenters. The van der Waals surface area contributed by atoms with E-state index < -0.39 is 11.7 Å². The molecule has 1 unspecified atom stereocenters. The van der Waals surface area contributed by atoms with Crippen molar-refractivity contribution in [2.75, 3.05) is 19.6 Å². The van der Waals surface area contributed by atoms with Gasteiger partial charge in [0.15, 0.2) is 0 Å². The molecule has 0 aromatic carbocycles. The Kier molecular flexibility index (Phi) is 6.26. The molecular formula is C14H27N3O3. The van der Waals surface area contributed by atoms with Gasteiger partial charge in [-0.3, -0.25) is 4.79 Å². The van der Waals surface area contributed by atoms with E-state index in [1.165, 1.54) is 0 Å². The van der Waals surface area contributed by atoms with Crippen LogP contribution in [0.4, 0.5) is 4.79 Å². The van der Waals surface area contributed by atoms with Crippen LogP contribution in [0.1, 0.15) is 40.5 Å². The largest absolute Gasteiger partial charge is 0.444 e. The second-order valence-electron chi connectivity index (χ2n) is 6.30. The molecule has 1 aliphatic rings. The van der Waals surface area contributed by atoms with E-state index in [4.69, 9.17) is 4.74 Å². The van der Waals surface area contributed by atoms with Crippen LogP contribution in [0, 0.1) is 5.92 Å². The highest BCUT2D eigenvalue weighted by Crippen LogP contribution is 2.28. The van der Waals surface area contributed by atoms with Crippen molar-refractivity contribution in [3.63, 3.8) is 0 Å². The maximum atomic E-state index is 11.4. The molecule has 20 heavy (non-hydrogen) atoms. The van der Waals surface area contributed by atoms with Crippen molar-refractivity contribution in [1.29, 1.82) is 0 Å². The maximum absolute atomic E-state index is 11.4. The van der Waals surface area contributed by atoms with Crippen LogP contribution < -0.4 is 16.0 Å². The Morgan fingerprint density at radius 1 is 1.20 bits per heavy atom. The summed E-state index contributed by atoms with van der Waals surface area (Å²) in [4.78, 5) is 22.8. The van der Waals surface area contributed by atoms with Gasteiger partial charge in [0.05, 0.1) is 0 Å². The second kappa shape index (κ2) is 7.47. The van der Waals surface area contributed by atoms with Crippen molar-refractivity contribution in [3.8, 4) is 0 Å². The number of amides is 2. The Labute approximate surface area is 121 Å². The molecule has 1 rings (SSSR count). The summed E-state index contributed by atoms with van der Waals surface area (Å²) in [7, 11) is 0. The van der Waals surface area contributed by atoms with E-state index >= 15 is 0 Å². The van der Waals surface area contributed by atoms with Crippen LogP contribution in [0.2, 0.25) is 0 Å². The van der Waals surface area contributed by atoms with Gasteiger partial charge < -0.3 is 20.7 Å². The molecule has 0 aromatic heterocycles. The highest BCUT2D eigenvalue weighted by molar-refractivity contribution is 5.80. The van der Waals surface area contributed by atoms with Crippen molar-refractivity contribution < 1.29 is 14.3 Å². The molecule has 2 amide bonds. The van der Waals surface area contributed by atoms with Gasteiger partial charge in [-0.2, -0.15) is 0 Å². The van der Waals surface area contributed by atoms with Gasteiger partial charge in [0.25, 0.3) is 0 Å². The molecule has 3 N–H and O–H groups in total. The summed E-state index contributed by atoms with van der Waals surface area (Å²) in [5, 5.41) is 8.82. The first-order valence-corrected chi connectivity index (χ1v) is 7.26. The van der Waals surface area contributed by atoms with Crippen molar-refractivity contribution in [1.82, 2.24) is 16.0 Å². The molecule has 6 nitrogen and oxygen atoms in total. The number of rotatable bonds is 7. The molecule has 1 fully saturated rings. The minimum atomic E-state index is -0.478. The Balaban J connectivity index is 2.00. The van der Waals surface area contributed by atoms with Gasteiger partial charge in [0, 0.05) is 31.6 Å². The van der Waals surface area contributed by atoms with Gasteiger partial charge in [-0.05, 0) is 40.5 Å². The summed E-state index contributed by atoms with van der Waals surface area (Å²) in [6.07, 6.45) is 1.64. The number of alkyl carbamates (subject to hydrolysis) is 1. The van der Waals surface area contributed by atoms with Crippen molar-refractivity contribution in [2.24, 2.45) is 5.92 Å². The van der Waals surface area contributed by atoms with E-state index in [0.29, 0.717) is 19.6 Å². The van der Waals surface area contributed by atoms with Gasteiger partial charge in [0.2, 0.25) is 5.91 Å². The zero-order valence-electron chi connectivity index (χ0n) is 12.9. The lowest BCUT2D eigenvalue weighted by Gasteiger charge is -2.21.